The standard InChI is InChI=1S/C9H14N2OS/c1-2-12-8-5-7(6-8)11-9-10-3-4-13-9/h3-4,7-8H,2,5-6H2,1H3,(H,10,11). The minimum Gasteiger partial charge on any atom is -0.378 e. The molecule has 0 saturated heterocycles. The molecule has 72 valence electrons. The van der Waals surface area contributed by atoms with Gasteiger partial charge >= 0.3 is 0 Å². The van der Waals surface area contributed by atoms with E-state index in [4.69, 9.17) is 4.74 Å². The molecular weight excluding hydrogens is 184 g/mol. The van der Waals surface area contributed by atoms with E-state index >= 15 is 0 Å². The van der Waals surface area contributed by atoms with E-state index < -0.39 is 0 Å². The molecule has 0 aromatic carbocycles. The van der Waals surface area contributed by atoms with Gasteiger partial charge in [0.25, 0.3) is 0 Å². The van der Waals surface area contributed by atoms with Crippen molar-refractivity contribution in [3.8, 4) is 0 Å². The molecule has 4 heteroatoms. The maximum atomic E-state index is 5.47. The molecule has 1 heterocycles. The SMILES string of the molecule is CCOC1CC(Nc2nccs2)C1. The molecule has 0 amide bonds. The predicted octanol–water partition coefficient (Wildman–Crippen LogP) is 2.12. The Kier molecular flexibility index (Phi) is 2.80. The van der Waals surface area contributed by atoms with Gasteiger partial charge < -0.3 is 10.1 Å². The smallest absolute Gasteiger partial charge is 0.182 e. The Hall–Kier alpha value is -0.610. The van der Waals surface area contributed by atoms with Gasteiger partial charge in [-0.1, -0.05) is 0 Å². The quantitative estimate of drug-likeness (QED) is 0.804. The highest BCUT2D eigenvalue weighted by atomic mass is 32.1. The third kappa shape index (κ3) is 2.19. The van der Waals surface area contributed by atoms with Gasteiger partial charge in [-0.05, 0) is 19.8 Å². The van der Waals surface area contributed by atoms with Crippen LogP contribution in [0.2, 0.25) is 0 Å². The Bertz CT molecular complexity index is 244. The number of nitrogens with one attached hydrogen (secondary N) is 1. The zero-order chi connectivity index (χ0) is 9.10. The van der Waals surface area contributed by atoms with Crippen molar-refractivity contribution in [1.29, 1.82) is 0 Å². The van der Waals surface area contributed by atoms with Crippen molar-refractivity contribution in [2.75, 3.05) is 11.9 Å². The van der Waals surface area contributed by atoms with Gasteiger partial charge in [0.05, 0.1) is 6.10 Å². The molecule has 0 atom stereocenters. The lowest BCUT2D eigenvalue weighted by atomic mass is 9.89. The average molecular weight is 198 g/mol. The summed E-state index contributed by atoms with van der Waals surface area (Å²) in [5, 5.41) is 6.39. The molecule has 0 unspecified atom stereocenters. The topological polar surface area (TPSA) is 34.1 Å². The number of ether oxygens (including phenoxy) is 1. The number of hydrogen-bond acceptors (Lipinski definition) is 4. The van der Waals surface area contributed by atoms with Crippen LogP contribution in [-0.4, -0.2) is 23.7 Å². The number of hydrogen-bond donors (Lipinski definition) is 1. The highest BCUT2D eigenvalue weighted by molar-refractivity contribution is 7.13. The number of thiazole rings is 1. The highest BCUT2D eigenvalue weighted by Gasteiger charge is 2.29. The van der Waals surface area contributed by atoms with Gasteiger partial charge in [-0.2, -0.15) is 0 Å². The molecule has 1 saturated carbocycles. The summed E-state index contributed by atoms with van der Waals surface area (Å²) in [6, 6.07) is 0.572. The van der Waals surface area contributed by atoms with Crippen LogP contribution >= 0.6 is 11.3 Å². The highest BCUT2D eigenvalue weighted by Crippen LogP contribution is 2.27. The first kappa shape index (κ1) is 8.97. The molecule has 2 rings (SSSR count). The third-order valence-corrected chi connectivity index (χ3v) is 2.96. The Morgan fingerprint density at radius 1 is 1.69 bits per heavy atom. The predicted molar refractivity (Wildman–Crippen MR) is 54.2 cm³/mol. The van der Waals surface area contributed by atoms with Crippen molar-refractivity contribution >= 4 is 16.5 Å². The molecule has 1 N–H and O–H groups in total. The van der Waals surface area contributed by atoms with Gasteiger partial charge in [0.2, 0.25) is 0 Å². The van der Waals surface area contributed by atoms with E-state index in [1.807, 2.05) is 18.5 Å². The molecule has 0 aliphatic heterocycles. The van der Waals surface area contributed by atoms with Crippen LogP contribution in [0.15, 0.2) is 11.6 Å². The first-order valence-corrected chi connectivity index (χ1v) is 5.54. The van der Waals surface area contributed by atoms with Crippen LogP contribution in [0.5, 0.6) is 0 Å². The van der Waals surface area contributed by atoms with Crippen molar-refractivity contribution in [2.24, 2.45) is 0 Å². The molecule has 3 nitrogen and oxygen atoms in total. The van der Waals surface area contributed by atoms with Crippen molar-refractivity contribution in [1.82, 2.24) is 4.98 Å². The van der Waals surface area contributed by atoms with Crippen LogP contribution < -0.4 is 5.32 Å². The lowest BCUT2D eigenvalue weighted by molar-refractivity contribution is 0.00299. The van der Waals surface area contributed by atoms with E-state index in [0.717, 1.165) is 24.6 Å². The molecule has 0 spiro atoms. The fourth-order valence-electron chi connectivity index (χ4n) is 1.52. The minimum atomic E-state index is 0.475. The molecule has 1 aliphatic carbocycles. The van der Waals surface area contributed by atoms with E-state index in [9.17, 15) is 0 Å². The first-order chi connectivity index (χ1) is 6.38. The summed E-state index contributed by atoms with van der Waals surface area (Å²) in [5.74, 6) is 0. The maximum absolute atomic E-state index is 5.47. The van der Waals surface area contributed by atoms with Crippen LogP contribution in [0.3, 0.4) is 0 Å². The summed E-state index contributed by atoms with van der Waals surface area (Å²) in [6.45, 7) is 2.87. The Morgan fingerprint density at radius 2 is 2.54 bits per heavy atom. The van der Waals surface area contributed by atoms with Crippen LogP contribution in [0.25, 0.3) is 0 Å². The molecule has 1 fully saturated rings. The molecule has 1 aromatic rings. The number of anilines is 1. The largest absolute Gasteiger partial charge is 0.378 e. The summed E-state index contributed by atoms with van der Waals surface area (Å²) >= 11 is 1.65. The zero-order valence-corrected chi connectivity index (χ0v) is 8.51. The monoisotopic (exact) mass is 198 g/mol. The number of nitrogens with zero attached hydrogens (tertiary/aromatic N) is 1. The van der Waals surface area contributed by atoms with Gasteiger partial charge in [-0.3, -0.25) is 0 Å². The van der Waals surface area contributed by atoms with Gasteiger partial charge in [0, 0.05) is 24.2 Å². The van der Waals surface area contributed by atoms with E-state index in [1.165, 1.54) is 0 Å². The Balaban J connectivity index is 1.70. The Labute approximate surface area is 82.1 Å². The fourth-order valence-corrected chi connectivity index (χ4v) is 2.13. The number of aromatic nitrogens is 1. The van der Waals surface area contributed by atoms with Crippen molar-refractivity contribution in [2.45, 2.75) is 31.9 Å². The van der Waals surface area contributed by atoms with Crippen LogP contribution in [0, 0.1) is 0 Å². The van der Waals surface area contributed by atoms with Gasteiger partial charge in [0.15, 0.2) is 5.13 Å². The van der Waals surface area contributed by atoms with E-state index in [1.54, 1.807) is 11.3 Å². The van der Waals surface area contributed by atoms with E-state index in [2.05, 4.69) is 10.3 Å². The summed E-state index contributed by atoms with van der Waals surface area (Å²) in [6.07, 6.45) is 4.54. The van der Waals surface area contributed by atoms with Crippen LogP contribution in [0.4, 0.5) is 5.13 Å². The summed E-state index contributed by atoms with van der Waals surface area (Å²) < 4.78 is 5.47. The van der Waals surface area contributed by atoms with Gasteiger partial charge in [-0.15, -0.1) is 11.3 Å². The van der Waals surface area contributed by atoms with Crippen molar-refractivity contribution < 1.29 is 4.74 Å². The Morgan fingerprint density at radius 3 is 3.15 bits per heavy atom. The van der Waals surface area contributed by atoms with E-state index in [0.29, 0.717) is 12.1 Å². The molecular formula is C9H14N2OS. The lowest BCUT2D eigenvalue weighted by Gasteiger charge is -2.35. The normalized spacial score (nSPS) is 26.8. The van der Waals surface area contributed by atoms with Crippen molar-refractivity contribution in [3.63, 3.8) is 0 Å². The van der Waals surface area contributed by atoms with Gasteiger partial charge in [-0.25, -0.2) is 4.98 Å². The van der Waals surface area contributed by atoms with Gasteiger partial charge in [0.1, 0.15) is 0 Å². The van der Waals surface area contributed by atoms with Crippen LogP contribution in [0.1, 0.15) is 19.8 Å². The lowest BCUT2D eigenvalue weighted by Crippen LogP contribution is -2.40. The summed E-state index contributed by atoms with van der Waals surface area (Å²) in [4.78, 5) is 4.18. The second-order valence-electron chi connectivity index (χ2n) is 3.23. The molecule has 0 radical (unpaired) electrons. The van der Waals surface area contributed by atoms with E-state index in [-0.39, 0.29) is 0 Å². The van der Waals surface area contributed by atoms with Crippen molar-refractivity contribution in [3.05, 3.63) is 11.6 Å². The second-order valence-corrected chi connectivity index (χ2v) is 4.12. The summed E-state index contributed by atoms with van der Waals surface area (Å²) in [7, 11) is 0. The molecule has 0 bridgehead atoms. The molecule has 1 aliphatic rings. The third-order valence-electron chi connectivity index (χ3n) is 2.26. The first-order valence-electron chi connectivity index (χ1n) is 4.66. The molecule has 1 aromatic heterocycles. The second kappa shape index (κ2) is 4.07. The average Bonchev–Trinajstić information content (AvgIpc) is 2.53. The zero-order valence-electron chi connectivity index (χ0n) is 7.69. The fraction of sp³-hybridized carbons (Fsp3) is 0.667. The van der Waals surface area contributed by atoms with Crippen LogP contribution in [-0.2, 0) is 4.74 Å². The number of rotatable bonds is 4. The molecule has 13 heavy (non-hydrogen) atoms. The summed E-state index contributed by atoms with van der Waals surface area (Å²) in [5.41, 5.74) is 0. The maximum Gasteiger partial charge on any atom is 0.182 e. The minimum absolute atomic E-state index is 0.475.